The van der Waals surface area contributed by atoms with Gasteiger partial charge < -0.3 is 9.47 Å². The molecular weight excluding hydrogens is 362 g/mol. The fraction of sp³-hybridized carbons (Fsp3) is 0.650. The SMILES string of the molecule is CC(C)(C)OC(=O)N(C(=O)OC(C)(C)C)c1cnc(C2CCCC(=O)C2)cn1. The number of rotatable bonds is 2. The first kappa shape index (κ1) is 21.8. The van der Waals surface area contributed by atoms with Crippen molar-refractivity contribution in [2.24, 2.45) is 0 Å². The largest absolute Gasteiger partial charge is 0.443 e. The van der Waals surface area contributed by atoms with Crippen LogP contribution in [0.5, 0.6) is 0 Å². The van der Waals surface area contributed by atoms with Crippen molar-refractivity contribution in [1.82, 2.24) is 9.97 Å². The zero-order valence-corrected chi connectivity index (χ0v) is 17.4. The van der Waals surface area contributed by atoms with E-state index in [1.165, 1.54) is 12.4 Å². The molecule has 0 saturated heterocycles. The highest BCUT2D eigenvalue weighted by atomic mass is 16.6. The molecule has 28 heavy (non-hydrogen) atoms. The summed E-state index contributed by atoms with van der Waals surface area (Å²) in [5, 5.41) is 0. The number of carbonyl (C=O) groups is 3. The van der Waals surface area contributed by atoms with Gasteiger partial charge in [0.2, 0.25) is 0 Å². The van der Waals surface area contributed by atoms with Crippen molar-refractivity contribution in [2.75, 3.05) is 4.90 Å². The summed E-state index contributed by atoms with van der Waals surface area (Å²) in [6, 6.07) is 0. The van der Waals surface area contributed by atoms with Gasteiger partial charge in [0.05, 0.1) is 18.1 Å². The molecule has 1 heterocycles. The molecule has 0 spiro atoms. The quantitative estimate of drug-likeness (QED) is 0.737. The highest BCUT2D eigenvalue weighted by molar-refractivity contribution is 6.08. The van der Waals surface area contributed by atoms with Gasteiger partial charge in [-0.25, -0.2) is 14.6 Å². The van der Waals surface area contributed by atoms with Crippen LogP contribution in [0, 0.1) is 0 Å². The number of anilines is 1. The first-order valence-corrected chi connectivity index (χ1v) is 9.45. The third-order valence-corrected chi connectivity index (χ3v) is 3.94. The summed E-state index contributed by atoms with van der Waals surface area (Å²) in [6.45, 7) is 10.2. The Morgan fingerprint density at radius 2 is 1.57 bits per heavy atom. The van der Waals surface area contributed by atoms with E-state index in [1.807, 2.05) is 0 Å². The number of carbonyl (C=O) groups excluding carboxylic acids is 3. The van der Waals surface area contributed by atoms with E-state index in [0.29, 0.717) is 18.5 Å². The van der Waals surface area contributed by atoms with Crippen molar-refractivity contribution in [3.05, 3.63) is 18.1 Å². The van der Waals surface area contributed by atoms with E-state index >= 15 is 0 Å². The van der Waals surface area contributed by atoms with Gasteiger partial charge in [-0.3, -0.25) is 9.78 Å². The average molecular weight is 391 g/mol. The van der Waals surface area contributed by atoms with Crippen LogP contribution in [0.1, 0.15) is 78.8 Å². The molecule has 154 valence electrons. The molecule has 0 aromatic carbocycles. The first-order valence-electron chi connectivity index (χ1n) is 9.45. The van der Waals surface area contributed by atoms with E-state index in [2.05, 4.69) is 9.97 Å². The fourth-order valence-electron chi connectivity index (χ4n) is 2.81. The normalized spacial score (nSPS) is 17.8. The second-order valence-corrected chi connectivity index (χ2v) is 8.93. The molecule has 1 unspecified atom stereocenters. The lowest BCUT2D eigenvalue weighted by Crippen LogP contribution is -2.44. The number of hydrogen-bond donors (Lipinski definition) is 0. The van der Waals surface area contributed by atoms with Crippen molar-refractivity contribution >= 4 is 23.8 Å². The summed E-state index contributed by atoms with van der Waals surface area (Å²) in [7, 11) is 0. The fourth-order valence-corrected chi connectivity index (χ4v) is 2.81. The Labute approximate surface area is 165 Å². The van der Waals surface area contributed by atoms with Gasteiger partial charge in [0.25, 0.3) is 0 Å². The molecule has 1 saturated carbocycles. The third-order valence-electron chi connectivity index (χ3n) is 3.94. The summed E-state index contributed by atoms with van der Waals surface area (Å²) in [6.07, 6.45) is 3.79. The zero-order valence-electron chi connectivity index (χ0n) is 17.4. The van der Waals surface area contributed by atoms with E-state index in [0.717, 1.165) is 17.7 Å². The predicted octanol–water partition coefficient (Wildman–Crippen LogP) is 4.38. The van der Waals surface area contributed by atoms with Gasteiger partial charge in [-0.1, -0.05) is 0 Å². The topological polar surface area (TPSA) is 98.7 Å². The summed E-state index contributed by atoms with van der Waals surface area (Å²) in [5.74, 6) is 0.236. The van der Waals surface area contributed by atoms with Crippen LogP contribution in [0.4, 0.5) is 15.4 Å². The zero-order chi connectivity index (χ0) is 21.1. The molecule has 2 amide bonds. The Morgan fingerprint density at radius 1 is 1.00 bits per heavy atom. The number of aromatic nitrogens is 2. The smallest absolute Gasteiger partial charge is 0.425 e. The second-order valence-electron chi connectivity index (χ2n) is 8.93. The van der Waals surface area contributed by atoms with Crippen molar-refractivity contribution < 1.29 is 23.9 Å². The maximum atomic E-state index is 12.6. The Balaban J connectivity index is 2.27. The molecule has 1 aromatic heterocycles. The molecule has 1 atom stereocenters. The predicted molar refractivity (Wildman–Crippen MR) is 103 cm³/mol. The van der Waals surface area contributed by atoms with Crippen LogP contribution in [-0.4, -0.2) is 39.1 Å². The van der Waals surface area contributed by atoms with Gasteiger partial charge in [-0.15, -0.1) is 0 Å². The Bertz CT molecular complexity index is 704. The number of nitrogens with zero attached hydrogens (tertiary/aromatic N) is 3. The van der Waals surface area contributed by atoms with Crippen molar-refractivity contribution in [3.8, 4) is 0 Å². The summed E-state index contributed by atoms with van der Waals surface area (Å²) < 4.78 is 10.6. The van der Waals surface area contributed by atoms with Gasteiger partial charge in [0.1, 0.15) is 17.0 Å². The standard InChI is InChI=1S/C20H29N3O5/c1-19(2,3)27-17(25)23(18(26)28-20(4,5)6)16-12-21-15(11-22-16)13-8-7-9-14(24)10-13/h11-13H,7-10H2,1-6H3. The van der Waals surface area contributed by atoms with E-state index in [9.17, 15) is 14.4 Å². The van der Waals surface area contributed by atoms with E-state index < -0.39 is 23.4 Å². The Kier molecular flexibility index (Phi) is 6.41. The molecule has 0 radical (unpaired) electrons. The van der Waals surface area contributed by atoms with Crippen LogP contribution in [-0.2, 0) is 14.3 Å². The number of amides is 2. The minimum absolute atomic E-state index is 0.00869. The van der Waals surface area contributed by atoms with Gasteiger partial charge in [-0.2, -0.15) is 4.90 Å². The maximum absolute atomic E-state index is 12.6. The summed E-state index contributed by atoms with van der Waals surface area (Å²) >= 11 is 0. The molecule has 2 rings (SSSR count). The first-order chi connectivity index (χ1) is 12.9. The molecule has 0 aliphatic heterocycles. The lowest BCUT2D eigenvalue weighted by atomic mass is 9.86. The van der Waals surface area contributed by atoms with Gasteiger partial charge in [0, 0.05) is 18.8 Å². The summed E-state index contributed by atoms with van der Waals surface area (Å²) in [4.78, 5) is 46.2. The molecule has 1 fully saturated rings. The maximum Gasteiger partial charge on any atom is 0.425 e. The highest BCUT2D eigenvalue weighted by Crippen LogP contribution is 2.30. The molecule has 8 heteroatoms. The van der Waals surface area contributed by atoms with Crippen LogP contribution in [0.25, 0.3) is 0 Å². The lowest BCUT2D eigenvalue weighted by Gasteiger charge is -2.28. The van der Waals surface area contributed by atoms with Gasteiger partial charge >= 0.3 is 12.2 Å². The lowest BCUT2D eigenvalue weighted by molar-refractivity contribution is -0.120. The van der Waals surface area contributed by atoms with Crippen LogP contribution >= 0.6 is 0 Å². The number of ketones is 1. The minimum atomic E-state index is -0.892. The number of ether oxygens (including phenoxy) is 2. The van der Waals surface area contributed by atoms with E-state index in [-0.39, 0.29) is 17.5 Å². The number of Topliss-reactive ketones (excluding diaryl/α,β-unsaturated/α-hetero) is 1. The van der Waals surface area contributed by atoms with Crippen LogP contribution in [0.15, 0.2) is 12.4 Å². The van der Waals surface area contributed by atoms with E-state index in [1.54, 1.807) is 41.5 Å². The molecular formula is C20H29N3O5. The Morgan fingerprint density at radius 3 is 2.00 bits per heavy atom. The molecule has 1 aliphatic rings. The molecule has 1 aromatic rings. The van der Waals surface area contributed by atoms with Crippen LogP contribution in [0.3, 0.4) is 0 Å². The van der Waals surface area contributed by atoms with Crippen LogP contribution in [0.2, 0.25) is 0 Å². The van der Waals surface area contributed by atoms with Crippen molar-refractivity contribution in [3.63, 3.8) is 0 Å². The van der Waals surface area contributed by atoms with E-state index in [4.69, 9.17) is 9.47 Å². The monoisotopic (exact) mass is 391 g/mol. The summed E-state index contributed by atoms with van der Waals surface area (Å²) in [5.41, 5.74) is -0.925. The second kappa shape index (κ2) is 8.24. The molecule has 1 aliphatic carbocycles. The van der Waals surface area contributed by atoms with Gasteiger partial charge in [-0.05, 0) is 54.4 Å². The number of imide groups is 1. The number of hydrogen-bond acceptors (Lipinski definition) is 7. The highest BCUT2D eigenvalue weighted by Gasteiger charge is 2.34. The molecule has 0 N–H and O–H groups in total. The Hall–Kier alpha value is -2.51. The van der Waals surface area contributed by atoms with Crippen LogP contribution < -0.4 is 4.90 Å². The van der Waals surface area contributed by atoms with Crippen molar-refractivity contribution in [2.45, 2.75) is 84.3 Å². The minimum Gasteiger partial charge on any atom is -0.443 e. The third kappa shape index (κ3) is 6.28. The molecule has 0 bridgehead atoms. The molecule has 8 nitrogen and oxygen atoms in total. The van der Waals surface area contributed by atoms with Crippen molar-refractivity contribution in [1.29, 1.82) is 0 Å². The average Bonchev–Trinajstić information content (AvgIpc) is 2.52. The van der Waals surface area contributed by atoms with Gasteiger partial charge in [0.15, 0.2) is 5.82 Å².